The first-order valence-electron chi connectivity index (χ1n) is 11.2. The number of hydrogen-bond donors (Lipinski definition) is 1. The number of ether oxygens (including phenoxy) is 2. The maximum atomic E-state index is 12.6. The van der Waals surface area contributed by atoms with Gasteiger partial charge in [0.1, 0.15) is 17.4 Å². The maximum absolute atomic E-state index is 12.6. The van der Waals surface area contributed by atoms with Crippen LogP contribution in [0.25, 0.3) is 6.08 Å². The molecule has 4 rings (SSSR count). The second kappa shape index (κ2) is 11.0. The number of anilines is 1. The van der Waals surface area contributed by atoms with Crippen LogP contribution in [-0.2, 0) is 29.0 Å². The summed E-state index contributed by atoms with van der Waals surface area (Å²) in [5.41, 5.74) is 3.55. The maximum Gasteiger partial charge on any atom is 0.341 e. The van der Waals surface area contributed by atoms with E-state index in [9.17, 15) is 9.59 Å². The van der Waals surface area contributed by atoms with E-state index in [1.165, 1.54) is 22.3 Å². The Kier molecular flexibility index (Phi) is 7.58. The highest BCUT2D eigenvalue weighted by atomic mass is 32.1. The molecule has 0 spiro atoms. The fourth-order valence-corrected chi connectivity index (χ4v) is 5.10. The van der Waals surface area contributed by atoms with Gasteiger partial charge in [0.15, 0.2) is 0 Å². The van der Waals surface area contributed by atoms with Gasteiger partial charge in [-0.3, -0.25) is 4.79 Å². The lowest BCUT2D eigenvalue weighted by Crippen LogP contribution is -2.14. The van der Waals surface area contributed by atoms with Gasteiger partial charge >= 0.3 is 5.97 Å². The summed E-state index contributed by atoms with van der Waals surface area (Å²) in [5.74, 6) is 0.134. The SMILES string of the molecule is CCOC(=O)c1c(NC(=O)C=Cc2ccc(OCc3ccccc3)cc2)sc2c1CCCC2. The van der Waals surface area contributed by atoms with Crippen LogP contribution in [0.4, 0.5) is 5.00 Å². The molecule has 1 aliphatic rings. The monoisotopic (exact) mass is 461 g/mol. The van der Waals surface area contributed by atoms with Crippen molar-refractivity contribution >= 4 is 34.3 Å². The van der Waals surface area contributed by atoms with Gasteiger partial charge in [0, 0.05) is 11.0 Å². The lowest BCUT2D eigenvalue weighted by atomic mass is 9.95. The van der Waals surface area contributed by atoms with E-state index in [4.69, 9.17) is 9.47 Å². The van der Waals surface area contributed by atoms with Crippen molar-refractivity contribution in [3.05, 3.63) is 87.8 Å². The molecule has 3 aromatic rings. The second-order valence-corrected chi connectivity index (χ2v) is 8.91. The molecular weight excluding hydrogens is 434 g/mol. The molecule has 0 saturated carbocycles. The summed E-state index contributed by atoms with van der Waals surface area (Å²) in [5, 5.41) is 3.48. The predicted octanol–water partition coefficient (Wildman–Crippen LogP) is 6.03. The number of thiophene rings is 1. The molecule has 6 heteroatoms. The summed E-state index contributed by atoms with van der Waals surface area (Å²) >= 11 is 1.49. The Hall–Kier alpha value is -3.38. The first-order chi connectivity index (χ1) is 16.1. The molecule has 0 atom stereocenters. The molecule has 170 valence electrons. The van der Waals surface area contributed by atoms with E-state index in [2.05, 4.69) is 5.32 Å². The third kappa shape index (κ3) is 5.90. The molecule has 0 saturated heterocycles. The van der Waals surface area contributed by atoms with Gasteiger partial charge in [0.05, 0.1) is 12.2 Å². The lowest BCUT2D eigenvalue weighted by Gasteiger charge is -2.12. The smallest absolute Gasteiger partial charge is 0.341 e. The van der Waals surface area contributed by atoms with Crippen LogP contribution in [0, 0.1) is 0 Å². The van der Waals surface area contributed by atoms with Crippen LogP contribution in [0.3, 0.4) is 0 Å². The molecule has 1 amide bonds. The molecule has 0 bridgehead atoms. The quantitative estimate of drug-likeness (QED) is 0.328. The molecule has 0 aliphatic heterocycles. The molecule has 5 nitrogen and oxygen atoms in total. The predicted molar refractivity (Wildman–Crippen MR) is 132 cm³/mol. The third-order valence-corrected chi connectivity index (χ3v) is 6.65. The fourth-order valence-electron chi connectivity index (χ4n) is 3.81. The van der Waals surface area contributed by atoms with Gasteiger partial charge in [-0.2, -0.15) is 0 Å². The number of fused-ring (bicyclic) bond motifs is 1. The second-order valence-electron chi connectivity index (χ2n) is 7.80. The summed E-state index contributed by atoms with van der Waals surface area (Å²) in [6, 6.07) is 17.6. The number of benzene rings is 2. The number of amides is 1. The van der Waals surface area contributed by atoms with Crippen molar-refractivity contribution in [3.63, 3.8) is 0 Å². The van der Waals surface area contributed by atoms with E-state index in [0.717, 1.165) is 48.1 Å². The molecule has 1 N–H and O–H groups in total. The standard InChI is InChI=1S/C27H27NO4S/c1-2-31-27(30)25-22-10-6-7-11-23(22)33-26(25)28-24(29)17-14-19-12-15-21(16-13-19)32-18-20-8-4-3-5-9-20/h3-5,8-9,12-17H,2,6-7,10-11,18H2,1H3,(H,28,29). The Morgan fingerprint density at radius 3 is 2.55 bits per heavy atom. The minimum Gasteiger partial charge on any atom is -0.489 e. The topological polar surface area (TPSA) is 64.6 Å². The largest absolute Gasteiger partial charge is 0.489 e. The van der Waals surface area contributed by atoms with E-state index in [1.54, 1.807) is 13.0 Å². The number of nitrogens with one attached hydrogen (secondary N) is 1. The Labute approximate surface area is 198 Å². The van der Waals surface area contributed by atoms with Crippen LogP contribution in [-0.4, -0.2) is 18.5 Å². The Bertz CT molecular complexity index is 1130. The van der Waals surface area contributed by atoms with Gasteiger partial charge in [-0.25, -0.2) is 4.79 Å². The summed E-state index contributed by atoms with van der Waals surface area (Å²) < 4.78 is 11.1. The van der Waals surface area contributed by atoms with Crippen LogP contribution < -0.4 is 10.1 Å². The van der Waals surface area contributed by atoms with E-state index in [1.807, 2.05) is 54.6 Å². The molecule has 0 unspecified atom stereocenters. The van der Waals surface area contributed by atoms with E-state index in [0.29, 0.717) is 23.8 Å². The average Bonchev–Trinajstić information content (AvgIpc) is 3.20. The van der Waals surface area contributed by atoms with E-state index < -0.39 is 0 Å². The number of carbonyl (C=O) groups is 2. The molecule has 33 heavy (non-hydrogen) atoms. The van der Waals surface area contributed by atoms with Crippen LogP contribution in [0.5, 0.6) is 5.75 Å². The Morgan fingerprint density at radius 1 is 1.03 bits per heavy atom. The fraction of sp³-hybridized carbons (Fsp3) is 0.259. The summed E-state index contributed by atoms with van der Waals surface area (Å²) in [4.78, 5) is 26.3. The summed E-state index contributed by atoms with van der Waals surface area (Å²) in [6.07, 6.45) is 7.17. The van der Waals surface area contributed by atoms with Gasteiger partial charge in [-0.1, -0.05) is 42.5 Å². The molecule has 1 heterocycles. The van der Waals surface area contributed by atoms with Crippen molar-refractivity contribution in [2.24, 2.45) is 0 Å². The normalized spacial score (nSPS) is 12.9. The van der Waals surface area contributed by atoms with Crippen molar-refractivity contribution in [2.45, 2.75) is 39.2 Å². The third-order valence-electron chi connectivity index (χ3n) is 5.44. The summed E-state index contributed by atoms with van der Waals surface area (Å²) in [7, 11) is 0. The summed E-state index contributed by atoms with van der Waals surface area (Å²) in [6.45, 7) is 2.60. The molecular formula is C27H27NO4S. The van der Waals surface area contributed by atoms with Crippen LogP contribution in [0.15, 0.2) is 60.7 Å². The average molecular weight is 462 g/mol. The highest BCUT2D eigenvalue weighted by molar-refractivity contribution is 7.17. The first kappa shape index (κ1) is 22.8. The van der Waals surface area contributed by atoms with Crippen molar-refractivity contribution < 1.29 is 19.1 Å². The molecule has 1 aromatic heterocycles. The Balaban J connectivity index is 1.39. The molecule has 0 fully saturated rings. The molecule has 1 aliphatic carbocycles. The number of esters is 1. The van der Waals surface area contributed by atoms with Crippen LogP contribution in [0.1, 0.15) is 51.7 Å². The highest BCUT2D eigenvalue weighted by Crippen LogP contribution is 2.38. The zero-order chi connectivity index (χ0) is 23.0. The van der Waals surface area contributed by atoms with E-state index >= 15 is 0 Å². The van der Waals surface area contributed by atoms with Crippen LogP contribution >= 0.6 is 11.3 Å². The van der Waals surface area contributed by atoms with Gasteiger partial charge in [-0.05, 0) is 67.5 Å². The van der Waals surface area contributed by atoms with Gasteiger partial charge in [0.2, 0.25) is 5.91 Å². The van der Waals surface area contributed by atoms with Crippen LogP contribution in [0.2, 0.25) is 0 Å². The number of carbonyl (C=O) groups excluding carboxylic acids is 2. The van der Waals surface area contributed by atoms with Gasteiger partial charge in [0.25, 0.3) is 0 Å². The lowest BCUT2D eigenvalue weighted by molar-refractivity contribution is -0.111. The number of rotatable bonds is 8. The minimum atomic E-state index is -0.359. The number of hydrogen-bond acceptors (Lipinski definition) is 5. The Morgan fingerprint density at radius 2 is 1.79 bits per heavy atom. The van der Waals surface area contributed by atoms with Crippen molar-refractivity contribution in [1.82, 2.24) is 0 Å². The molecule has 0 radical (unpaired) electrons. The van der Waals surface area contributed by atoms with Gasteiger partial charge in [-0.15, -0.1) is 11.3 Å². The zero-order valence-corrected chi connectivity index (χ0v) is 19.5. The van der Waals surface area contributed by atoms with Crippen molar-refractivity contribution in [3.8, 4) is 5.75 Å². The highest BCUT2D eigenvalue weighted by Gasteiger charge is 2.26. The molecule has 2 aromatic carbocycles. The zero-order valence-electron chi connectivity index (χ0n) is 18.6. The van der Waals surface area contributed by atoms with Crippen molar-refractivity contribution in [2.75, 3.05) is 11.9 Å². The van der Waals surface area contributed by atoms with Crippen molar-refractivity contribution in [1.29, 1.82) is 0 Å². The minimum absolute atomic E-state index is 0.274. The van der Waals surface area contributed by atoms with Gasteiger partial charge < -0.3 is 14.8 Å². The first-order valence-corrected chi connectivity index (χ1v) is 12.0. The number of aryl methyl sites for hydroxylation is 1. The van der Waals surface area contributed by atoms with E-state index in [-0.39, 0.29) is 11.9 Å².